The second kappa shape index (κ2) is 21.3. The molecule has 12 heteroatoms. The molecule has 310 valence electrons. The first-order chi connectivity index (χ1) is 27.0. The van der Waals surface area contributed by atoms with Gasteiger partial charge in [0.1, 0.15) is 12.0 Å². The predicted octanol–water partition coefficient (Wildman–Crippen LogP) is 6.23. The lowest BCUT2D eigenvalue weighted by Gasteiger charge is -2.51. The number of aldehydes is 1. The highest BCUT2D eigenvalue weighted by atomic mass is 35.5. The average molecular weight is 813 g/mol. The van der Waals surface area contributed by atoms with E-state index in [4.69, 9.17) is 16.3 Å². The zero-order chi connectivity index (χ0) is 40.2. The topological polar surface area (TPSA) is 114 Å². The number of carbonyl (C=O) groups excluding carboxylic acids is 2. The van der Waals surface area contributed by atoms with E-state index >= 15 is 0 Å². The molecule has 0 radical (unpaired) electrons. The van der Waals surface area contributed by atoms with Gasteiger partial charge in [-0.2, -0.15) is 0 Å². The number of nitrogens with one attached hydrogen (secondary N) is 2. The third kappa shape index (κ3) is 11.4. The van der Waals surface area contributed by atoms with E-state index in [9.17, 15) is 18.9 Å². The number of nitrogens with zero attached hydrogens (tertiary/aromatic N) is 3. The number of aliphatic hydroxyl groups is 1. The highest BCUT2D eigenvalue weighted by molar-refractivity contribution is 7.83. The van der Waals surface area contributed by atoms with Crippen molar-refractivity contribution in [2.45, 2.75) is 88.9 Å². The normalized spacial score (nSPS) is 23.6. The van der Waals surface area contributed by atoms with Gasteiger partial charge in [-0.15, -0.1) is 0 Å². The maximum Gasteiger partial charge on any atom is 0.245 e. The van der Waals surface area contributed by atoms with E-state index in [1.807, 2.05) is 36.1 Å². The summed E-state index contributed by atoms with van der Waals surface area (Å²) in [5.74, 6) is 1.38. The fraction of sp³-hybridized carbons (Fsp3) is 0.636. The van der Waals surface area contributed by atoms with Crippen molar-refractivity contribution >= 4 is 40.5 Å². The van der Waals surface area contributed by atoms with Crippen LogP contribution in [0.2, 0.25) is 5.02 Å². The largest absolute Gasteiger partial charge is 0.491 e. The van der Waals surface area contributed by atoms with Crippen molar-refractivity contribution in [3.8, 4) is 5.75 Å². The van der Waals surface area contributed by atoms with Gasteiger partial charge in [0.25, 0.3) is 0 Å². The summed E-state index contributed by atoms with van der Waals surface area (Å²) >= 11 is 6.49. The van der Waals surface area contributed by atoms with Crippen LogP contribution in [0.3, 0.4) is 0 Å². The molecule has 1 aliphatic carbocycles. The average Bonchev–Trinajstić information content (AvgIpc) is 3.36. The molecule has 1 saturated heterocycles. The van der Waals surface area contributed by atoms with Crippen LogP contribution in [0.15, 0.2) is 49.1 Å². The maximum absolute atomic E-state index is 13.0. The second-order valence-corrected chi connectivity index (χ2v) is 18.6. The molecule has 1 amide bonds. The molecule has 2 fully saturated rings. The summed E-state index contributed by atoms with van der Waals surface area (Å²) in [6.45, 7) is 17.0. The van der Waals surface area contributed by atoms with Crippen LogP contribution in [0.25, 0.3) is 0 Å². The van der Waals surface area contributed by atoms with Crippen molar-refractivity contribution in [1.29, 1.82) is 0 Å². The number of hydrogen-bond acceptors (Lipinski definition) is 8. The number of aryl methyl sites for hydroxylation is 1. The lowest BCUT2D eigenvalue weighted by molar-refractivity contribution is -0.126. The molecule has 7 unspecified atom stereocenters. The van der Waals surface area contributed by atoms with E-state index in [1.165, 1.54) is 17.2 Å². The van der Waals surface area contributed by atoms with E-state index in [-0.39, 0.29) is 34.8 Å². The molecule has 7 atom stereocenters. The van der Waals surface area contributed by atoms with Crippen LogP contribution in [0.5, 0.6) is 5.75 Å². The number of benzene rings is 2. The van der Waals surface area contributed by atoms with Crippen molar-refractivity contribution in [2.75, 3.05) is 77.5 Å². The van der Waals surface area contributed by atoms with Gasteiger partial charge in [0.05, 0.1) is 28.9 Å². The molecule has 2 aliphatic heterocycles. The molecular weight excluding hydrogens is 746 g/mol. The number of fused-ring (bicyclic) bond motifs is 1. The van der Waals surface area contributed by atoms with Crippen molar-refractivity contribution in [2.24, 2.45) is 17.8 Å². The Kier molecular flexibility index (Phi) is 16.8. The zero-order valence-corrected chi connectivity index (χ0v) is 35.7. The SMILES string of the molecule is C=CC(=O)N1CCCN(CC(O)(CCCC(C)C(C)S(=O)NC)C2CCC2CN2CC(c3ccc(Cl)cc3CCC)COc3ccc(C=O)cc32)CCNCC1. The van der Waals surface area contributed by atoms with Crippen LogP contribution in [-0.2, 0) is 22.2 Å². The summed E-state index contributed by atoms with van der Waals surface area (Å²) in [4.78, 5) is 31.2. The minimum absolute atomic E-state index is 0.00638. The number of halogens is 1. The van der Waals surface area contributed by atoms with Crippen LogP contribution in [-0.4, -0.2) is 115 Å². The van der Waals surface area contributed by atoms with Crippen LogP contribution in [0, 0.1) is 17.8 Å². The van der Waals surface area contributed by atoms with Gasteiger partial charge in [-0.3, -0.25) is 14.5 Å². The summed E-state index contributed by atoms with van der Waals surface area (Å²) in [5.41, 5.74) is 3.11. The zero-order valence-electron chi connectivity index (χ0n) is 34.1. The van der Waals surface area contributed by atoms with Crippen molar-refractivity contribution < 1.29 is 23.6 Å². The number of carbonyl (C=O) groups is 2. The molecule has 10 nitrogen and oxygen atoms in total. The first kappa shape index (κ1) is 44.3. The molecular formula is C44H66ClN5O5S. The van der Waals surface area contributed by atoms with Gasteiger partial charge in [0, 0.05) is 74.1 Å². The molecule has 0 bridgehead atoms. The van der Waals surface area contributed by atoms with Gasteiger partial charge in [-0.1, -0.05) is 50.9 Å². The number of anilines is 1. The first-order valence-corrected chi connectivity index (χ1v) is 22.5. The highest BCUT2D eigenvalue weighted by Gasteiger charge is 2.48. The quantitative estimate of drug-likeness (QED) is 0.127. The van der Waals surface area contributed by atoms with Crippen LogP contribution < -0.4 is 19.7 Å². The van der Waals surface area contributed by atoms with Crippen LogP contribution in [0.1, 0.15) is 93.1 Å². The Balaban J connectivity index is 1.40. The van der Waals surface area contributed by atoms with Crippen molar-refractivity contribution in [3.63, 3.8) is 0 Å². The van der Waals surface area contributed by atoms with Gasteiger partial charge in [-0.05, 0) is 124 Å². The Bertz CT molecular complexity index is 1650. The second-order valence-electron chi connectivity index (χ2n) is 16.4. The summed E-state index contributed by atoms with van der Waals surface area (Å²) in [6, 6.07) is 11.9. The number of ether oxygens (including phenoxy) is 1. The third-order valence-corrected chi connectivity index (χ3v) is 14.4. The smallest absolute Gasteiger partial charge is 0.245 e. The van der Waals surface area contributed by atoms with Crippen molar-refractivity contribution in [3.05, 3.63) is 70.8 Å². The molecule has 2 aromatic carbocycles. The van der Waals surface area contributed by atoms with Crippen LogP contribution in [0.4, 0.5) is 5.69 Å². The Morgan fingerprint density at radius 2 is 1.96 bits per heavy atom. The molecule has 0 aromatic heterocycles. The summed E-state index contributed by atoms with van der Waals surface area (Å²) < 4.78 is 22.0. The van der Waals surface area contributed by atoms with Gasteiger partial charge in [0.2, 0.25) is 5.91 Å². The fourth-order valence-electron chi connectivity index (χ4n) is 9.11. The van der Waals surface area contributed by atoms with E-state index < -0.39 is 16.6 Å². The predicted molar refractivity (Wildman–Crippen MR) is 229 cm³/mol. The molecule has 3 N–H and O–H groups in total. The molecule has 2 aromatic rings. The lowest BCUT2D eigenvalue weighted by Crippen LogP contribution is -2.57. The summed E-state index contributed by atoms with van der Waals surface area (Å²) in [7, 11) is 0.632. The summed E-state index contributed by atoms with van der Waals surface area (Å²) in [5, 5.41) is 17.3. The minimum Gasteiger partial charge on any atom is -0.491 e. The van der Waals surface area contributed by atoms with E-state index in [2.05, 4.69) is 52.4 Å². The molecule has 5 rings (SSSR count). The Morgan fingerprint density at radius 1 is 1.16 bits per heavy atom. The van der Waals surface area contributed by atoms with Crippen LogP contribution >= 0.6 is 11.6 Å². The Morgan fingerprint density at radius 3 is 2.68 bits per heavy atom. The van der Waals surface area contributed by atoms with Gasteiger partial charge >= 0.3 is 0 Å². The first-order valence-electron chi connectivity index (χ1n) is 20.9. The molecule has 3 aliphatic rings. The Hall–Kier alpha value is -2.80. The molecule has 56 heavy (non-hydrogen) atoms. The molecule has 0 spiro atoms. The fourth-order valence-corrected chi connectivity index (χ4v) is 10.2. The molecule has 1 saturated carbocycles. The number of rotatable bonds is 17. The monoisotopic (exact) mass is 811 g/mol. The van der Waals surface area contributed by atoms with E-state index in [0.717, 1.165) is 107 Å². The standard InChI is InChI=1S/C44H66ClN5O5S/c1-6-10-35-26-38(45)14-15-39(35)37-28-50(41-25-34(29-51)12-17-42(41)55-30-37)27-36-13-16-40(36)44(53,18-8-11-32(3)33(4)56(54)46-5)31-48-21-9-22-49(43(52)7-2)24-20-47-19-23-48/h7,12,14-15,17,25-26,29,32-33,36-37,40,46-47,53H,2,6,8-11,13,16,18-24,27-28,30-31H2,1,3-5H3. The summed E-state index contributed by atoms with van der Waals surface area (Å²) in [6.07, 6.45) is 9.38. The van der Waals surface area contributed by atoms with Gasteiger partial charge in [0.15, 0.2) is 0 Å². The number of β-amino-alcohol motifs (C(OH)–C–C–N with tert-alkyl or cyclic N) is 1. The Labute approximate surface area is 343 Å². The molecule has 2 heterocycles. The lowest BCUT2D eigenvalue weighted by atomic mass is 9.62. The third-order valence-electron chi connectivity index (χ3n) is 12.6. The van der Waals surface area contributed by atoms with Crippen molar-refractivity contribution in [1.82, 2.24) is 19.8 Å². The van der Waals surface area contributed by atoms with E-state index in [0.29, 0.717) is 38.2 Å². The highest BCUT2D eigenvalue weighted by Crippen LogP contribution is 2.47. The number of amides is 1. The van der Waals surface area contributed by atoms with E-state index in [1.54, 1.807) is 7.05 Å². The van der Waals surface area contributed by atoms with Gasteiger partial charge in [-0.25, -0.2) is 8.93 Å². The maximum atomic E-state index is 13.0. The van der Waals surface area contributed by atoms with Gasteiger partial charge < -0.3 is 25.0 Å². The minimum atomic E-state index is -1.10. The number of hydrogen-bond donors (Lipinski definition) is 3.